The van der Waals surface area contributed by atoms with Crippen molar-refractivity contribution in [3.8, 4) is 0 Å². The maximum atomic E-state index is 13.4. The highest BCUT2D eigenvalue weighted by molar-refractivity contribution is 6.30. The molecule has 0 amide bonds. The van der Waals surface area contributed by atoms with E-state index in [0.717, 1.165) is 37.7 Å². The minimum Gasteiger partial charge on any atom is -0.481 e. The second kappa shape index (κ2) is 6.38. The molecule has 1 fully saturated rings. The van der Waals surface area contributed by atoms with Crippen molar-refractivity contribution in [3.63, 3.8) is 0 Å². The second-order valence-corrected chi connectivity index (χ2v) is 5.70. The summed E-state index contributed by atoms with van der Waals surface area (Å²) in [7, 11) is 0. The molecule has 1 aromatic carbocycles. The van der Waals surface area contributed by atoms with Crippen molar-refractivity contribution in [1.82, 2.24) is 0 Å². The van der Waals surface area contributed by atoms with Crippen molar-refractivity contribution < 1.29 is 14.3 Å². The lowest BCUT2D eigenvalue weighted by atomic mass is 9.83. The quantitative estimate of drug-likeness (QED) is 0.840. The van der Waals surface area contributed by atoms with Crippen LogP contribution >= 0.6 is 11.6 Å². The maximum absolute atomic E-state index is 13.4. The Morgan fingerprint density at radius 3 is 2.74 bits per heavy atom. The Hall–Kier alpha value is -1.09. The fourth-order valence-corrected chi connectivity index (χ4v) is 3.04. The lowest BCUT2D eigenvalue weighted by Gasteiger charge is -2.21. The summed E-state index contributed by atoms with van der Waals surface area (Å²) >= 11 is 5.66. The highest BCUT2D eigenvalue weighted by Gasteiger charge is 2.29. The monoisotopic (exact) mass is 284 g/mol. The van der Waals surface area contributed by atoms with Crippen LogP contribution in [0.25, 0.3) is 0 Å². The Bertz CT molecular complexity index is 461. The fraction of sp³-hybridized carbons (Fsp3) is 0.533. The third-order valence-electron chi connectivity index (χ3n) is 3.96. The third-order valence-corrected chi connectivity index (χ3v) is 4.26. The molecule has 0 aromatic heterocycles. The van der Waals surface area contributed by atoms with E-state index in [0.29, 0.717) is 6.42 Å². The van der Waals surface area contributed by atoms with Gasteiger partial charge in [-0.1, -0.05) is 36.9 Å². The van der Waals surface area contributed by atoms with Crippen LogP contribution in [0.3, 0.4) is 0 Å². The minimum atomic E-state index is -0.721. The lowest BCUT2D eigenvalue weighted by molar-refractivity contribution is -0.143. The van der Waals surface area contributed by atoms with Crippen LogP contribution in [0, 0.1) is 17.7 Å². The number of aliphatic carboxylic acids is 1. The van der Waals surface area contributed by atoms with Crippen molar-refractivity contribution in [2.24, 2.45) is 11.8 Å². The largest absolute Gasteiger partial charge is 0.481 e. The molecule has 0 spiro atoms. The number of carboxylic acids is 1. The number of carboxylic acid groups (broad SMARTS) is 1. The van der Waals surface area contributed by atoms with Gasteiger partial charge in [-0.2, -0.15) is 0 Å². The van der Waals surface area contributed by atoms with Crippen molar-refractivity contribution in [1.29, 1.82) is 0 Å². The smallest absolute Gasteiger partial charge is 0.306 e. The fourth-order valence-electron chi connectivity index (χ4n) is 2.92. The van der Waals surface area contributed by atoms with Crippen LogP contribution in [0.4, 0.5) is 4.39 Å². The van der Waals surface area contributed by atoms with Gasteiger partial charge in [-0.25, -0.2) is 4.39 Å². The highest BCUT2D eigenvalue weighted by atomic mass is 35.5. The summed E-state index contributed by atoms with van der Waals surface area (Å²) in [6.45, 7) is 0. The van der Waals surface area contributed by atoms with Gasteiger partial charge < -0.3 is 5.11 Å². The van der Waals surface area contributed by atoms with Crippen LogP contribution in [-0.4, -0.2) is 11.1 Å². The Kier molecular flexibility index (Phi) is 4.81. The van der Waals surface area contributed by atoms with Crippen molar-refractivity contribution in [2.45, 2.75) is 38.5 Å². The van der Waals surface area contributed by atoms with Gasteiger partial charge in [0.25, 0.3) is 0 Å². The Labute approximate surface area is 117 Å². The molecule has 0 heterocycles. The number of benzene rings is 1. The molecular formula is C15H18ClFO2. The first-order valence-electron chi connectivity index (χ1n) is 6.74. The molecule has 1 aliphatic carbocycles. The van der Waals surface area contributed by atoms with Crippen molar-refractivity contribution in [3.05, 3.63) is 34.6 Å². The maximum Gasteiger partial charge on any atom is 0.306 e. The molecule has 2 nitrogen and oxygen atoms in total. The van der Waals surface area contributed by atoms with Crippen molar-refractivity contribution in [2.75, 3.05) is 0 Å². The summed E-state index contributed by atoms with van der Waals surface area (Å²) in [6, 6.07) is 4.75. The van der Waals surface area contributed by atoms with E-state index >= 15 is 0 Å². The zero-order chi connectivity index (χ0) is 13.8. The van der Waals surface area contributed by atoms with Crippen LogP contribution < -0.4 is 0 Å². The molecule has 104 valence electrons. The van der Waals surface area contributed by atoms with Gasteiger partial charge in [0.2, 0.25) is 0 Å². The van der Waals surface area contributed by atoms with Gasteiger partial charge in [-0.05, 0) is 42.9 Å². The molecule has 2 atom stereocenters. The van der Waals surface area contributed by atoms with Gasteiger partial charge in [0, 0.05) is 0 Å². The average molecular weight is 285 g/mol. The summed E-state index contributed by atoms with van der Waals surface area (Å²) in [4.78, 5) is 11.3. The van der Waals surface area contributed by atoms with Crippen LogP contribution in [-0.2, 0) is 11.2 Å². The summed E-state index contributed by atoms with van der Waals surface area (Å²) in [5.41, 5.74) is 0.833. The van der Waals surface area contributed by atoms with Gasteiger partial charge in [-0.3, -0.25) is 4.79 Å². The van der Waals surface area contributed by atoms with Crippen LogP contribution in [0.5, 0.6) is 0 Å². The normalized spacial score (nSPS) is 23.9. The molecule has 4 heteroatoms. The van der Waals surface area contributed by atoms with E-state index in [4.69, 9.17) is 11.6 Å². The molecule has 0 radical (unpaired) electrons. The molecule has 0 saturated heterocycles. The van der Waals surface area contributed by atoms with Gasteiger partial charge >= 0.3 is 5.97 Å². The average Bonchev–Trinajstić information content (AvgIpc) is 2.59. The van der Waals surface area contributed by atoms with Gasteiger partial charge in [0.1, 0.15) is 5.82 Å². The Balaban J connectivity index is 2.13. The topological polar surface area (TPSA) is 37.3 Å². The Morgan fingerprint density at radius 1 is 1.32 bits per heavy atom. The van der Waals surface area contributed by atoms with Gasteiger partial charge in [0.05, 0.1) is 10.9 Å². The Morgan fingerprint density at radius 2 is 2.05 bits per heavy atom. The summed E-state index contributed by atoms with van der Waals surface area (Å²) in [5, 5.41) is 9.43. The van der Waals surface area contributed by atoms with Crippen LogP contribution in [0.2, 0.25) is 5.02 Å². The molecular weight excluding hydrogens is 267 g/mol. The molecule has 2 rings (SSSR count). The second-order valence-electron chi connectivity index (χ2n) is 5.30. The number of rotatable bonds is 3. The number of carbonyl (C=O) groups is 1. The van der Waals surface area contributed by atoms with Crippen LogP contribution in [0.15, 0.2) is 18.2 Å². The first-order valence-corrected chi connectivity index (χ1v) is 7.12. The molecule has 1 aliphatic rings. The van der Waals surface area contributed by atoms with E-state index in [2.05, 4.69) is 0 Å². The standard InChI is InChI=1S/C15H18ClFO2/c16-13-7-6-10(9-14(13)17)8-11-4-2-1-3-5-12(11)15(18)19/h6-7,9,11-12H,1-5,8H2,(H,18,19). The molecule has 0 aliphatic heterocycles. The lowest BCUT2D eigenvalue weighted by Crippen LogP contribution is -2.24. The molecule has 2 unspecified atom stereocenters. The van der Waals surface area contributed by atoms with E-state index in [-0.39, 0.29) is 16.9 Å². The molecule has 19 heavy (non-hydrogen) atoms. The zero-order valence-electron chi connectivity index (χ0n) is 10.7. The zero-order valence-corrected chi connectivity index (χ0v) is 11.5. The van der Waals surface area contributed by atoms with E-state index in [1.165, 1.54) is 6.07 Å². The SMILES string of the molecule is O=C(O)C1CCCCCC1Cc1ccc(Cl)c(F)c1. The molecule has 1 aromatic rings. The molecule has 0 bridgehead atoms. The first-order chi connectivity index (χ1) is 9.08. The number of halogens is 2. The third kappa shape index (κ3) is 3.69. The van der Waals surface area contributed by atoms with E-state index in [9.17, 15) is 14.3 Å². The van der Waals surface area contributed by atoms with E-state index in [1.54, 1.807) is 12.1 Å². The van der Waals surface area contributed by atoms with Crippen molar-refractivity contribution >= 4 is 17.6 Å². The minimum absolute atomic E-state index is 0.0978. The van der Waals surface area contributed by atoms with Crippen LogP contribution in [0.1, 0.15) is 37.7 Å². The highest BCUT2D eigenvalue weighted by Crippen LogP contribution is 2.32. The summed E-state index contributed by atoms with van der Waals surface area (Å²) in [5.74, 6) is -1.36. The predicted molar refractivity (Wildman–Crippen MR) is 72.8 cm³/mol. The first kappa shape index (κ1) is 14.3. The summed E-state index contributed by atoms with van der Waals surface area (Å²) < 4.78 is 13.4. The number of hydrogen-bond donors (Lipinski definition) is 1. The van der Waals surface area contributed by atoms with Gasteiger partial charge in [-0.15, -0.1) is 0 Å². The predicted octanol–water partition coefficient (Wildman–Crippen LogP) is 4.30. The van der Waals surface area contributed by atoms with E-state index in [1.807, 2.05) is 0 Å². The molecule has 1 saturated carbocycles. The van der Waals surface area contributed by atoms with Gasteiger partial charge in [0.15, 0.2) is 0 Å². The molecule has 1 N–H and O–H groups in total. The number of hydrogen-bond acceptors (Lipinski definition) is 1. The summed E-state index contributed by atoms with van der Waals surface area (Å²) in [6.07, 6.45) is 5.38. The van der Waals surface area contributed by atoms with E-state index < -0.39 is 11.8 Å².